The van der Waals surface area contributed by atoms with Crippen molar-refractivity contribution < 1.29 is 29.0 Å². The van der Waals surface area contributed by atoms with Crippen molar-refractivity contribution in [2.45, 2.75) is 72.3 Å². The third-order valence-corrected chi connectivity index (χ3v) is 4.17. The summed E-state index contributed by atoms with van der Waals surface area (Å²) in [5, 5.41) is 14.7. The van der Waals surface area contributed by atoms with Crippen LogP contribution < -0.4 is 10.6 Å². The van der Waals surface area contributed by atoms with Gasteiger partial charge in [-0.1, -0.05) is 51.1 Å². The van der Waals surface area contributed by atoms with Crippen LogP contribution >= 0.6 is 0 Å². The van der Waals surface area contributed by atoms with Crippen LogP contribution in [0.15, 0.2) is 30.3 Å². The van der Waals surface area contributed by atoms with E-state index in [4.69, 9.17) is 9.47 Å². The molecule has 2 amide bonds. The summed E-state index contributed by atoms with van der Waals surface area (Å²) in [4.78, 5) is 37.2. The zero-order valence-corrected chi connectivity index (χ0v) is 18.7. The minimum Gasteiger partial charge on any atom is -0.461 e. The van der Waals surface area contributed by atoms with E-state index >= 15 is 0 Å². The number of rotatable bonds is 8. The number of hydrogen-bond donors (Lipinski definition) is 3. The largest absolute Gasteiger partial charge is 0.461 e. The second-order valence-corrected chi connectivity index (χ2v) is 9.16. The Morgan fingerprint density at radius 2 is 1.60 bits per heavy atom. The molecule has 0 saturated heterocycles. The predicted molar refractivity (Wildman–Crippen MR) is 112 cm³/mol. The zero-order valence-electron chi connectivity index (χ0n) is 18.7. The van der Waals surface area contributed by atoms with E-state index in [1.807, 2.05) is 51.1 Å². The summed E-state index contributed by atoms with van der Waals surface area (Å²) in [6.45, 7) is 10.4. The number of alkyl carbamates (subject to hydrolysis) is 1. The van der Waals surface area contributed by atoms with Gasteiger partial charge in [-0.05, 0) is 31.7 Å². The molecule has 8 nitrogen and oxygen atoms in total. The fourth-order valence-corrected chi connectivity index (χ4v) is 2.43. The van der Waals surface area contributed by atoms with E-state index in [0.717, 1.165) is 5.56 Å². The Morgan fingerprint density at radius 3 is 2.10 bits per heavy atom. The normalized spacial score (nSPS) is 13.7. The molecule has 0 heterocycles. The highest BCUT2D eigenvalue weighted by atomic mass is 16.6. The number of carbonyl (C=O) groups excluding carboxylic acids is 3. The predicted octanol–water partition coefficient (Wildman–Crippen LogP) is 2.54. The highest BCUT2D eigenvalue weighted by molar-refractivity contribution is 5.89. The monoisotopic (exact) mass is 422 g/mol. The van der Waals surface area contributed by atoms with Crippen molar-refractivity contribution in [3.05, 3.63) is 35.9 Å². The number of amides is 2. The topological polar surface area (TPSA) is 114 Å². The van der Waals surface area contributed by atoms with Crippen molar-refractivity contribution in [1.82, 2.24) is 10.6 Å². The Kier molecular flexibility index (Phi) is 9.29. The Balaban J connectivity index is 2.83. The average Bonchev–Trinajstić information content (AvgIpc) is 2.62. The van der Waals surface area contributed by atoms with Crippen LogP contribution in [0.2, 0.25) is 0 Å². The van der Waals surface area contributed by atoms with Gasteiger partial charge in [0, 0.05) is 0 Å². The Hall–Kier alpha value is -2.61. The molecule has 0 aliphatic rings. The number of aliphatic hydroxyl groups is 1. The number of ether oxygens (including phenoxy) is 2. The third kappa shape index (κ3) is 9.73. The smallest absolute Gasteiger partial charge is 0.408 e. The summed E-state index contributed by atoms with van der Waals surface area (Å²) in [6, 6.07) is 7.35. The maximum atomic E-state index is 12.8. The Labute approximate surface area is 178 Å². The number of esters is 1. The van der Waals surface area contributed by atoms with Gasteiger partial charge in [0.15, 0.2) is 0 Å². The average molecular weight is 423 g/mol. The van der Waals surface area contributed by atoms with Gasteiger partial charge in [-0.25, -0.2) is 4.79 Å². The van der Waals surface area contributed by atoms with Gasteiger partial charge < -0.3 is 25.2 Å². The molecule has 0 saturated carbocycles. The molecular weight excluding hydrogens is 388 g/mol. The van der Waals surface area contributed by atoms with E-state index in [-0.39, 0.29) is 19.6 Å². The summed E-state index contributed by atoms with van der Waals surface area (Å²) in [6.07, 6.45) is -1.20. The van der Waals surface area contributed by atoms with Crippen LogP contribution in [0.5, 0.6) is 0 Å². The first kappa shape index (κ1) is 25.4. The molecule has 0 aromatic heterocycles. The maximum absolute atomic E-state index is 12.8. The number of aliphatic hydroxyl groups excluding tert-OH is 1. The van der Waals surface area contributed by atoms with Gasteiger partial charge in [0.25, 0.3) is 0 Å². The molecule has 0 fully saturated rings. The Bertz CT molecular complexity index is 707. The van der Waals surface area contributed by atoms with Gasteiger partial charge in [-0.2, -0.15) is 0 Å². The molecule has 0 radical (unpaired) electrons. The van der Waals surface area contributed by atoms with Gasteiger partial charge in [-0.3, -0.25) is 9.59 Å². The molecule has 0 bridgehead atoms. The maximum Gasteiger partial charge on any atom is 0.408 e. The first-order valence-electron chi connectivity index (χ1n) is 9.92. The molecule has 8 heteroatoms. The molecule has 2 atom stereocenters. The van der Waals surface area contributed by atoms with E-state index in [0.29, 0.717) is 0 Å². The van der Waals surface area contributed by atoms with E-state index in [1.54, 1.807) is 20.8 Å². The summed E-state index contributed by atoms with van der Waals surface area (Å²) in [5.74, 6) is -1.25. The Morgan fingerprint density at radius 1 is 1.00 bits per heavy atom. The summed E-state index contributed by atoms with van der Waals surface area (Å²) < 4.78 is 10.4. The minimum atomic E-state index is -1.21. The van der Waals surface area contributed by atoms with Gasteiger partial charge in [0.1, 0.15) is 18.2 Å². The number of carbonyl (C=O) groups is 3. The van der Waals surface area contributed by atoms with Crippen molar-refractivity contribution in [2.24, 2.45) is 5.41 Å². The molecule has 0 aliphatic heterocycles. The number of hydrogen-bond acceptors (Lipinski definition) is 6. The summed E-state index contributed by atoms with van der Waals surface area (Å²) in [5.41, 5.74) is -0.382. The summed E-state index contributed by atoms with van der Waals surface area (Å²) in [7, 11) is 0. The first-order valence-corrected chi connectivity index (χ1v) is 9.92. The molecule has 1 rings (SSSR count). The molecule has 30 heavy (non-hydrogen) atoms. The van der Waals surface area contributed by atoms with Crippen LogP contribution in [0, 0.1) is 5.41 Å². The molecule has 2 unspecified atom stereocenters. The van der Waals surface area contributed by atoms with Crippen molar-refractivity contribution in [3.63, 3.8) is 0 Å². The molecular formula is C22H34N2O6. The lowest BCUT2D eigenvalue weighted by atomic mass is 9.87. The van der Waals surface area contributed by atoms with Gasteiger partial charge in [0.2, 0.25) is 5.91 Å². The second kappa shape index (κ2) is 11.0. The molecule has 3 N–H and O–H groups in total. The van der Waals surface area contributed by atoms with Gasteiger partial charge >= 0.3 is 12.1 Å². The van der Waals surface area contributed by atoms with Crippen LogP contribution in [0.4, 0.5) is 4.79 Å². The molecule has 1 aromatic rings. The van der Waals surface area contributed by atoms with Crippen molar-refractivity contribution in [1.29, 1.82) is 0 Å². The van der Waals surface area contributed by atoms with Crippen molar-refractivity contribution in [2.75, 3.05) is 6.61 Å². The SMILES string of the molecule is CC(C)(C)OC(=O)NC(CC(=O)OCc1ccccc1)C(=O)NC(CO)C(C)(C)C. The lowest BCUT2D eigenvalue weighted by Gasteiger charge is -2.31. The van der Waals surface area contributed by atoms with E-state index in [2.05, 4.69) is 10.6 Å². The van der Waals surface area contributed by atoms with Gasteiger partial charge in [0.05, 0.1) is 19.1 Å². The lowest BCUT2D eigenvalue weighted by Crippen LogP contribution is -2.55. The lowest BCUT2D eigenvalue weighted by molar-refractivity contribution is -0.147. The van der Waals surface area contributed by atoms with Crippen molar-refractivity contribution >= 4 is 18.0 Å². The number of benzene rings is 1. The fourth-order valence-electron chi connectivity index (χ4n) is 2.43. The highest BCUT2D eigenvalue weighted by Crippen LogP contribution is 2.19. The third-order valence-electron chi connectivity index (χ3n) is 4.17. The standard InChI is InChI=1S/C22H34N2O6/c1-21(2,3)17(13-25)24-19(27)16(23-20(28)30-22(4,5)6)12-18(26)29-14-15-10-8-7-9-11-15/h7-11,16-17,25H,12-14H2,1-6H3,(H,23,28)(H,24,27). The minimum absolute atomic E-state index is 0.0572. The van der Waals surface area contributed by atoms with Crippen LogP contribution in [0.3, 0.4) is 0 Å². The van der Waals surface area contributed by atoms with Crippen LogP contribution in [-0.4, -0.2) is 47.4 Å². The van der Waals surface area contributed by atoms with Gasteiger partial charge in [-0.15, -0.1) is 0 Å². The molecule has 0 aliphatic carbocycles. The van der Waals surface area contributed by atoms with Crippen molar-refractivity contribution in [3.8, 4) is 0 Å². The van der Waals surface area contributed by atoms with E-state index < -0.39 is 41.1 Å². The van der Waals surface area contributed by atoms with Crippen LogP contribution in [0.25, 0.3) is 0 Å². The highest BCUT2D eigenvalue weighted by Gasteiger charge is 2.32. The first-order chi connectivity index (χ1) is 13.8. The molecule has 168 valence electrons. The van der Waals surface area contributed by atoms with E-state index in [1.165, 1.54) is 0 Å². The zero-order chi connectivity index (χ0) is 22.9. The van der Waals surface area contributed by atoms with Crippen LogP contribution in [-0.2, 0) is 25.7 Å². The van der Waals surface area contributed by atoms with E-state index in [9.17, 15) is 19.5 Å². The second-order valence-electron chi connectivity index (χ2n) is 9.16. The van der Waals surface area contributed by atoms with Crippen LogP contribution in [0.1, 0.15) is 53.5 Å². The molecule has 0 spiro atoms. The fraction of sp³-hybridized carbons (Fsp3) is 0.591. The number of nitrogens with one attached hydrogen (secondary N) is 2. The summed E-state index contributed by atoms with van der Waals surface area (Å²) >= 11 is 0. The molecule has 1 aromatic carbocycles. The quantitative estimate of drug-likeness (QED) is 0.555.